The summed E-state index contributed by atoms with van der Waals surface area (Å²) in [5, 5.41) is 0.385. The van der Waals surface area contributed by atoms with E-state index in [4.69, 9.17) is 18.6 Å². The second-order valence-electron chi connectivity index (χ2n) is 11.5. The highest BCUT2D eigenvalue weighted by atomic mass is 32.2. The largest absolute Gasteiger partial charge is 0.493 e. The summed E-state index contributed by atoms with van der Waals surface area (Å²) in [5.74, 6) is 1.20. The van der Waals surface area contributed by atoms with Crippen molar-refractivity contribution in [3.05, 3.63) is 65.7 Å². The van der Waals surface area contributed by atoms with Crippen LogP contribution in [0.15, 0.2) is 59.5 Å². The molecule has 200 valence electrons. The van der Waals surface area contributed by atoms with Gasteiger partial charge in [0.2, 0.25) is 0 Å². The van der Waals surface area contributed by atoms with Gasteiger partial charge in [-0.2, -0.15) is 0 Å². The molecule has 5 nitrogen and oxygen atoms in total. The minimum atomic E-state index is -1.88. The van der Waals surface area contributed by atoms with Gasteiger partial charge in [0.25, 0.3) is 0 Å². The van der Waals surface area contributed by atoms with Crippen LogP contribution < -0.4 is 9.47 Å². The lowest BCUT2D eigenvalue weighted by atomic mass is 9.68. The molecule has 2 aromatic carbocycles. The molecule has 37 heavy (non-hydrogen) atoms. The molecular formula is C30H40O5SSi. The van der Waals surface area contributed by atoms with Crippen molar-refractivity contribution in [3.8, 4) is 11.5 Å². The van der Waals surface area contributed by atoms with Gasteiger partial charge < -0.3 is 18.6 Å². The van der Waals surface area contributed by atoms with Gasteiger partial charge in [-0.1, -0.05) is 57.2 Å². The number of thioether (sulfide) groups is 1. The van der Waals surface area contributed by atoms with E-state index in [1.165, 1.54) is 12.0 Å². The summed E-state index contributed by atoms with van der Waals surface area (Å²) in [5.41, 5.74) is 1.58. The van der Waals surface area contributed by atoms with Crippen molar-refractivity contribution in [3.63, 3.8) is 0 Å². The summed E-state index contributed by atoms with van der Waals surface area (Å²) in [4.78, 5) is 14.0. The van der Waals surface area contributed by atoms with E-state index >= 15 is 0 Å². The lowest BCUT2D eigenvalue weighted by molar-refractivity contribution is -0.142. The number of benzene rings is 2. The number of carbonyl (C=O) groups is 1. The summed E-state index contributed by atoms with van der Waals surface area (Å²) in [6.07, 6.45) is 6.00. The van der Waals surface area contributed by atoms with Gasteiger partial charge in [-0.15, -0.1) is 11.8 Å². The van der Waals surface area contributed by atoms with Gasteiger partial charge in [-0.3, -0.25) is 4.79 Å². The minimum Gasteiger partial charge on any atom is -0.493 e. The van der Waals surface area contributed by atoms with Crippen molar-refractivity contribution < 1.29 is 23.4 Å². The predicted molar refractivity (Wildman–Crippen MR) is 152 cm³/mol. The van der Waals surface area contributed by atoms with Crippen LogP contribution in [0, 0.1) is 0 Å². The van der Waals surface area contributed by atoms with Crippen LogP contribution in [0.1, 0.15) is 44.7 Å². The van der Waals surface area contributed by atoms with E-state index < -0.39 is 13.7 Å². The van der Waals surface area contributed by atoms with Crippen LogP contribution in [0.25, 0.3) is 0 Å². The van der Waals surface area contributed by atoms with Crippen molar-refractivity contribution in [1.29, 1.82) is 0 Å². The van der Waals surface area contributed by atoms with E-state index in [9.17, 15) is 4.79 Å². The Labute approximate surface area is 227 Å². The second kappa shape index (κ2) is 10.9. The molecule has 0 aromatic heterocycles. The molecule has 0 saturated heterocycles. The monoisotopic (exact) mass is 540 g/mol. The zero-order valence-corrected chi connectivity index (χ0v) is 24.9. The Bertz CT molecular complexity index is 1140. The Kier molecular flexibility index (Phi) is 8.17. The molecule has 0 spiro atoms. The van der Waals surface area contributed by atoms with E-state index in [0.29, 0.717) is 12.4 Å². The van der Waals surface area contributed by atoms with Gasteiger partial charge in [0, 0.05) is 28.7 Å². The molecule has 0 amide bonds. The molecule has 2 aliphatic rings. The molecule has 2 aromatic rings. The number of fused-ring (bicyclic) bond motifs is 3. The first-order valence-corrected chi connectivity index (χ1v) is 16.8. The van der Waals surface area contributed by atoms with Crippen LogP contribution in [0.4, 0.5) is 0 Å². The van der Waals surface area contributed by atoms with E-state index in [-0.39, 0.29) is 28.8 Å². The average molecular weight is 541 g/mol. The molecule has 0 fully saturated rings. The summed E-state index contributed by atoms with van der Waals surface area (Å²) >= 11 is 1.82. The molecule has 0 radical (unpaired) electrons. The van der Waals surface area contributed by atoms with Crippen molar-refractivity contribution in [2.75, 3.05) is 20.8 Å². The fourth-order valence-electron chi connectivity index (χ4n) is 4.99. The molecule has 7 heteroatoms. The van der Waals surface area contributed by atoms with Gasteiger partial charge in [0.15, 0.2) is 19.8 Å². The van der Waals surface area contributed by atoms with E-state index in [1.807, 2.05) is 23.9 Å². The molecule has 3 atom stereocenters. The third-order valence-electron chi connectivity index (χ3n) is 8.12. The number of carbonyl (C=O) groups excluding carboxylic acids is 1. The lowest BCUT2D eigenvalue weighted by Crippen LogP contribution is -2.43. The summed E-state index contributed by atoms with van der Waals surface area (Å²) in [6.45, 7) is 11.9. The quantitative estimate of drug-likeness (QED) is 0.195. The fraction of sp³-hybridized carbons (Fsp3) is 0.500. The van der Waals surface area contributed by atoms with Crippen molar-refractivity contribution in [1.82, 2.24) is 0 Å². The summed E-state index contributed by atoms with van der Waals surface area (Å²) < 4.78 is 24.1. The Morgan fingerprint density at radius 1 is 1.14 bits per heavy atom. The smallest absolute Gasteiger partial charge is 0.306 e. The molecule has 0 bridgehead atoms. The molecule has 1 heterocycles. The first kappa shape index (κ1) is 27.8. The molecule has 1 aliphatic carbocycles. The zero-order valence-electron chi connectivity index (χ0n) is 23.1. The number of hydrogen-bond donors (Lipinski definition) is 0. The van der Waals surface area contributed by atoms with Crippen LogP contribution in [0.5, 0.6) is 11.5 Å². The molecule has 1 aliphatic heterocycles. The maximum absolute atomic E-state index is 12.8. The van der Waals surface area contributed by atoms with E-state index in [0.717, 1.165) is 29.7 Å². The van der Waals surface area contributed by atoms with Crippen LogP contribution >= 0.6 is 11.8 Å². The average Bonchev–Trinajstić information content (AvgIpc) is 3.18. The van der Waals surface area contributed by atoms with Crippen LogP contribution in [0.2, 0.25) is 18.1 Å². The first-order chi connectivity index (χ1) is 17.5. The zero-order chi connectivity index (χ0) is 26.8. The number of hydrogen-bond acceptors (Lipinski definition) is 6. The third kappa shape index (κ3) is 5.64. The van der Waals surface area contributed by atoms with E-state index in [1.54, 1.807) is 7.11 Å². The van der Waals surface area contributed by atoms with Crippen molar-refractivity contribution in [2.45, 2.75) is 79.8 Å². The first-order valence-electron chi connectivity index (χ1n) is 13.0. The topological polar surface area (TPSA) is 54.0 Å². The highest BCUT2D eigenvalue weighted by Gasteiger charge is 2.53. The maximum Gasteiger partial charge on any atom is 0.306 e. The van der Waals surface area contributed by atoms with Gasteiger partial charge in [-0.05, 0) is 48.3 Å². The van der Waals surface area contributed by atoms with Gasteiger partial charge in [0.05, 0.1) is 26.1 Å². The van der Waals surface area contributed by atoms with Crippen molar-refractivity contribution in [2.24, 2.45) is 0 Å². The SMILES string of the molecule is COC(=O)C[C@@]12C=C[C@H](Sc3ccccc3)C[C@@H]1Oc1c(OC)ccc(CCO[Si](C)(C)C(C)(C)C)c12. The lowest BCUT2D eigenvalue weighted by Gasteiger charge is -2.37. The van der Waals surface area contributed by atoms with Gasteiger partial charge in [0.1, 0.15) is 6.10 Å². The van der Waals surface area contributed by atoms with E-state index in [2.05, 4.69) is 76.3 Å². The second-order valence-corrected chi connectivity index (χ2v) is 17.6. The number of methoxy groups -OCH3 is 2. The number of esters is 1. The third-order valence-corrected chi connectivity index (χ3v) is 13.9. The summed E-state index contributed by atoms with van der Waals surface area (Å²) in [6, 6.07) is 14.5. The van der Waals surface area contributed by atoms with Gasteiger partial charge in [-0.25, -0.2) is 0 Å². The Hall–Kier alpha value is -2.22. The maximum atomic E-state index is 12.8. The summed E-state index contributed by atoms with van der Waals surface area (Å²) in [7, 11) is 1.23. The fourth-order valence-corrected chi connectivity index (χ4v) is 7.13. The van der Waals surface area contributed by atoms with Gasteiger partial charge >= 0.3 is 5.97 Å². The molecular weight excluding hydrogens is 500 g/mol. The predicted octanol–water partition coefficient (Wildman–Crippen LogP) is 6.94. The number of rotatable bonds is 9. The number of ether oxygens (including phenoxy) is 3. The Morgan fingerprint density at radius 3 is 2.51 bits per heavy atom. The molecule has 0 N–H and O–H groups in total. The molecule has 0 saturated carbocycles. The van der Waals surface area contributed by atoms with Crippen molar-refractivity contribution >= 4 is 26.0 Å². The minimum absolute atomic E-state index is 0.146. The Morgan fingerprint density at radius 2 is 1.86 bits per heavy atom. The standard InChI is InChI=1S/C30H40O5SSi/c1-29(2,3)37(6,7)34-18-16-21-13-14-24(32-4)28-27(21)30(20-26(31)33-5)17-15-23(19-25(30)35-28)36-22-11-9-8-10-12-22/h8-15,17,23,25H,16,18-20H2,1-7H3/t23-,25-,30-/m0/s1. The van der Waals surface area contributed by atoms with Crippen LogP contribution in [-0.4, -0.2) is 46.5 Å². The normalized spacial score (nSPS) is 22.7. The highest BCUT2D eigenvalue weighted by molar-refractivity contribution is 8.00. The van der Waals surface area contributed by atoms with Crippen LogP contribution in [0.3, 0.4) is 0 Å². The Balaban J connectivity index is 1.69. The molecule has 0 unspecified atom stereocenters. The van der Waals surface area contributed by atoms with Crippen LogP contribution in [-0.2, 0) is 25.8 Å². The molecule has 4 rings (SSSR count). The highest BCUT2D eigenvalue weighted by Crippen LogP contribution is 2.56.